The number of benzene rings is 2. The minimum absolute atomic E-state index is 0.443. The SMILES string of the molecule is Cc1c2ccc(N(C)c3ccnc(Nc4cccc(/C=C/C(=O)NO)c4)n3)cc2nn1C. The minimum Gasteiger partial charge on any atom is -0.329 e. The molecule has 0 unspecified atom stereocenters. The zero-order valence-corrected chi connectivity index (χ0v) is 17.9. The Balaban J connectivity index is 1.55. The van der Waals surface area contributed by atoms with E-state index in [1.54, 1.807) is 17.8 Å². The van der Waals surface area contributed by atoms with Gasteiger partial charge in [-0.15, -0.1) is 0 Å². The van der Waals surface area contributed by atoms with Gasteiger partial charge in [0.2, 0.25) is 5.95 Å². The second kappa shape index (κ2) is 8.86. The number of amides is 1. The van der Waals surface area contributed by atoms with Crippen molar-refractivity contribution in [2.45, 2.75) is 6.92 Å². The van der Waals surface area contributed by atoms with Crippen LogP contribution in [0.25, 0.3) is 17.0 Å². The fourth-order valence-corrected chi connectivity index (χ4v) is 3.32. The van der Waals surface area contributed by atoms with Gasteiger partial charge in [-0.3, -0.25) is 14.7 Å². The van der Waals surface area contributed by atoms with Gasteiger partial charge in [0, 0.05) is 48.8 Å². The van der Waals surface area contributed by atoms with Crippen LogP contribution in [0.1, 0.15) is 11.3 Å². The quantitative estimate of drug-likeness (QED) is 0.244. The molecule has 4 aromatic rings. The largest absolute Gasteiger partial charge is 0.329 e. The second-order valence-electron chi connectivity index (χ2n) is 7.27. The van der Waals surface area contributed by atoms with Crippen LogP contribution < -0.4 is 15.7 Å². The summed E-state index contributed by atoms with van der Waals surface area (Å²) in [5.74, 6) is 0.574. The Morgan fingerprint density at radius 1 is 1.19 bits per heavy atom. The van der Waals surface area contributed by atoms with E-state index < -0.39 is 5.91 Å². The number of rotatable bonds is 6. The Morgan fingerprint density at radius 2 is 2.03 bits per heavy atom. The first-order valence-corrected chi connectivity index (χ1v) is 9.94. The molecule has 0 aliphatic rings. The maximum absolute atomic E-state index is 11.2. The molecule has 0 atom stereocenters. The molecule has 32 heavy (non-hydrogen) atoms. The number of nitrogens with zero attached hydrogens (tertiary/aromatic N) is 5. The third kappa shape index (κ3) is 4.42. The molecule has 9 nitrogen and oxygen atoms in total. The van der Waals surface area contributed by atoms with Crippen molar-refractivity contribution < 1.29 is 10.0 Å². The van der Waals surface area contributed by atoms with Crippen molar-refractivity contribution in [1.29, 1.82) is 0 Å². The number of hydroxylamine groups is 1. The number of carbonyl (C=O) groups excluding carboxylic acids is 1. The van der Waals surface area contributed by atoms with Crippen molar-refractivity contribution in [2.24, 2.45) is 7.05 Å². The highest BCUT2D eigenvalue weighted by Gasteiger charge is 2.11. The van der Waals surface area contributed by atoms with Crippen molar-refractivity contribution in [1.82, 2.24) is 25.2 Å². The number of aromatic nitrogens is 4. The fraction of sp³-hybridized carbons (Fsp3) is 0.130. The number of nitrogens with one attached hydrogen (secondary N) is 2. The molecule has 3 N–H and O–H groups in total. The van der Waals surface area contributed by atoms with Gasteiger partial charge in [0.1, 0.15) is 5.82 Å². The Hall–Kier alpha value is -4.24. The van der Waals surface area contributed by atoms with E-state index in [1.165, 1.54) is 6.08 Å². The molecule has 0 saturated carbocycles. The van der Waals surface area contributed by atoms with E-state index in [0.717, 1.165) is 39.4 Å². The van der Waals surface area contributed by atoms with Crippen molar-refractivity contribution in [2.75, 3.05) is 17.3 Å². The predicted molar refractivity (Wildman–Crippen MR) is 124 cm³/mol. The first-order chi connectivity index (χ1) is 15.4. The summed E-state index contributed by atoms with van der Waals surface area (Å²) in [5, 5.41) is 17.5. The highest BCUT2D eigenvalue weighted by atomic mass is 16.5. The molecule has 0 aliphatic heterocycles. The molecule has 9 heteroatoms. The highest BCUT2D eigenvalue weighted by Crippen LogP contribution is 2.27. The maximum Gasteiger partial charge on any atom is 0.267 e. The molecule has 0 spiro atoms. The molecule has 4 rings (SSSR count). The molecular formula is C23H23N7O2. The van der Waals surface area contributed by atoms with Gasteiger partial charge >= 0.3 is 0 Å². The topological polar surface area (TPSA) is 108 Å². The average molecular weight is 429 g/mol. The van der Waals surface area contributed by atoms with E-state index in [0.29, 0.717) is 5.95 Å². The zero-order chi connectivity index (χ0) is 22.7. The van der Waals surface area contributed by atoms with Crippen LogP contribution in [0.2, 0.25) is 0 Å². The minimum atomic E-state index is -0.596. The zero-order valence-electron chi connectivity index (χ0n) is 17.9. The molecule has 1 amide bonds. The van der Waals surface area contributed by atoms with Crippen LogP contribution in [0.3, 0.4) is 0 Å². The number of hydrogen-bond acceptors (Lipinski definition) is 7. The lowest BCUT2D eigenvalue weighted by molar-refractivity contribution is -0.124. The number of anilines is 4. The molecule has 0 fully saturated rings. The Bertz CT molecular complexity index is 1310. The van der Waals surface area contributed by atoms with Crippen LogP contribution in [0.4, 0.5) is 23.1 Å². The summed E-state index contributed by atoms with van der Waals surface area (Å²) in [6, 6.07) is 15.4. The number of carbonyl (C=O) groups is 1. The lowest BCUT2D eigenvalue weighted by atomic mass is 10.2. The van der Waals surface area contributed by atoms with Crippen LogP contribution in [0.15, 0.2) is 60.8 Å². The van der Waals surface area contributed by atoms with Gasteiger partial charge in [-0.2, -0.15) is 10.1 Å². The van der Waals surface area contributed by atoms with E-state index in [9.17, 15) is 4.79 Å². The van der Waals surface area contributed by atoms with Gasteiger partial charge in [-0.05, 0) is 55.0 Å². The van der Waals surface area contributed by atoms with Crippen LogP contribution in [0, 0.1) is 6.92 Å². The van der Waals surface area contributed by atoms with E-state index in [-0.39, 0.29) is 0 Å². The Labute approximate surface area is 185 Å². The predicted octanol–water partition coefficient (Wildman–Crippen LogP) is 3.70. The van der Waals surface area contributed by atoms with Crippen LogP contribution >= 0.6 is 0 Å². The molecular weight excluding hydrogens is 406 g/mol. The first-order valence-electron chi connectivity index (χ1n) is 9.94. The summed E-state index contributed by atoms with van der Waals surface area (Å²) in [6.45, 7) is 2.05. The Kier molecular flexibility index (Phi) is 5.82. The van der Waals surface area contributed by atoms with Gasteiger partial charge in [-0.1, -0.05) is 12.1 Å². The van der Waals surface area contributed by atoms with Crippen molar-refractivity contribution in [3.05, 3.63) is 72.1 Å². The monoisotopic (exact) mass is 429 g/mol. The standard InChI is InChI=1S/C23H23N7O2/c1-15-19-9-8-18(14-20(19)27-30(15)3)29(2)21-11-12-24-23(26-21)25-17-6-4-5-16(13-17)7-10-22(31)28-32/h4-14,32H,1-3H3,(H,28,31)(H,24,25,26)/b10-7+. The van der Waals surface area contributed by atoms with E-state index in [2.05, 4.69) is 26.4 Å². The normalized spacial score (nSPS) is 11.1. The van der Waals surface area contributed by atoms with Crippen LogP contribution in [-0.4, -0.2) is 37.9 Å². The summed E-state index contributed by atoms with van der Waals surface area (Å²) in [6.07, 6.45) is 4.53. The van der Waals surface area contributed by atoms with Gasteiger partial charge in [0.05, 0.1) is 5.52 Å². The third-order valence-electron chi connectivity index (χ3n) is 5.17. The molecule has 2 heterocycles. The fourth-order valence-electron chi connectivity index (χ4n) is 3.32. The summed E-state index contributed by atoms with van der Waals surface area (Å²) in [5.41, 5.74) is 6.13. The third-order valence-corrected chi connectivity index (χ3v) is 5.17. The molecule has 0 radical (unpaired) electrons. The van der Waals surface area contributed by atoms with Gasteiger partial charge in [0.25, 0.3) is 5.91 Å². The van der Waals surface area contributed by atoms with Gasteiger partial charge in [0.15, 0.2) is 0 Å². The Morgan fingerprint density at radius 3 is 2.84 bits per heavy atom. The summed E-state index contributed by atoms with van der Waals surface area (Å²) in [4.78, 5) is 22.1. The summed E-state index contributed by atoms with van der Waals surface area (Å²) in [7, 11) is 3.88. The van der Waals surface area contributed by atoms with Gasteiger partial charge < -0.3 is 10.2 Å². The highest BCUT2D eigenvalue weighted by molar-refractivity contribution is 5.91. The molecule has 0 saturated heterocycles. The lowest BCUT2D eigenvalue weighted by Crippen LogP contribution is -2.14. The lowest BCUT2D eigenvalue weighted by Gasteiger charge is -2.19. The van der Waals surface area contributed by atoms with Crippen LogP contribution in [0.5, 0.6) is 0 Å². The van der Waals surface area contributed by atoms with Crippen molar-refractivity contribution in [3.8, 4) is 0 Å². The van der Waals surface area contributed by atoms with Crippen LogP contribution in [-0.2, 0) is 11.8 Å². The molecule has 0 bridgehead atoms. The molecule has 0 aliphatic carbocycles. The second-order valence-corrected chi connectivity index (χ2v) is 7.27. The molecule has 2 aromatic heterocycles. The maximum atomic E-state index is 11.2. The van der Waals surface area contributed by atoms with Crippen molar-refractivity contribution >= 4 is 46.0 Å². The number of hydrogen-bond donors (Lipinski definition) is 3. The number of fused-ring (bicyclic) bond motifs is 1. The summed E-state index contributed by atoms with van der Waals surface area (Å²) < 4.78 is 1.88. The first kappa shape index (κ1) is 21.0. The summed E-state index contributed by atoms with van der Waals surface area (Å²) >= 11 is 0. The van der Waals surface area contributed by atoms with Gasteiger partial charge in [-0.25, -0.2) is 10.5 Å². The smallest absolute Gasteiger partial charge is 0.267 e. The van der Waals surface area contributed by atoms with E-state index in [1.807, 2.05) is 73.1 Å². The molecule has 2 aromatic carbocycles. The molecule has 162 valence electrons. The van der Waals surface area contributed by atoms with E-state index >= 15 is 0 Å². The average Bonchev–Trinajstić information content (AvgIpc) is 3.10. The number of aryl methyl sites for hydroxylation is 2. The van der Waals surface area contributed by atoms with Crippen molar-refractivity contribution in [3.63, 3.8) is 0 Å². The van der Waals surface area contributed by atoms with E-state index in [4.69, 9.17) is 5.21 Å².